The molecule has 5 nitrogen and oxygen atoms in total. The average molecular weight is 400 g/mol. The lowest BCUT2D eigenvalue weighted by Gasteiger charge is -2.40. The van der Waals surface area contributed by atoms with Crippen molar-refractivity contribution in [2.45, 2.75) is 45.6 Å². The summed E-state index contributed by atoms with van der Waals surface area (Å²) in [4.78, 5) is 20.0. The molecule has 3 heterocycles. The fourth-order valence-corrected chi connectivity index (χ4v) is 5.43. The van der Waals surface area contributed by atoms with Crippen LogP contribution in [0.4, 0.5) is 0 Å². The number of amides is 1. The molecule has 0 aromatic heterocycles. The second kappa shape index (κ2) is 9.59. The van der Waals surface area contributed by atoms with Crippen molar-refractivity contribution < 1.29 is 9.53 Å². The predicted octanol–water partition coefficient (Wildman–Crippen LogP) is 2.92. The standard InChI is InChI=1S/C24H37N3O2/c1-21-5-2-6-22(17-21)18-26-11-4-8-24(19-26)9-12-27(20-24)23(28)7-3-10-25-13-15-29-16-14-25/h2,5-6,17H,3-4,7-16,18-20H2,1H3. The van der Waals surface area contributed by atoms with Crippen molar-refractivity contribution in [2.75, 3.05) is 59.0 Å². The summed E-state index contributed by atoms with van der Waals surface area (Å²) in [5.41, 5.74) is 3.07. The molecule has 3 aliphatic heterocycles. The van der Waals surface area contributed by atoms with Gasteiger partial charge in [-0.1, -0.05) is 29.8 Å². The monoisotopic (exact) mass is 399 g/mol. The van der Waals surface area contributed by atoms with Crippen LogP contribution in [0.25, 0.3) is 0 Å². The van der Waals surface area contributed by atoms with Crippen molar-refractivity contribution in [3.63, 3.8) is 0 Å². The molecule has 1 amide bonds. The lowest BCUT2D eigenvalue weighted by molar-refractivity contribution is -0.131. The molecule has 1 spiro atoms. The third-order valence-electron chi connectivity index (χ3n) is 6.99. The second-order valence-corrected chi connectivity index (χ2v) is 9.43. The van der Waals surface area contributed by atoms with Crippen LogP contribution >= 0.6 is 0 Å². The zero-order valence-corrected chi connectivity index (χ0v) is 18.1. The Labute approximate surface area is 176 Å². The predicted molar refractivity (Wildman–Crippen MR) is 116 cm³/mol. The van der Waals surface area contributed by atoms with Crippen molar-refractivity contribution in [1.29, 1.82) is 0 Å². The van der Waals surface area contributed by atoms with Gasteiger partial charge < -0.3 is 9.64 Å². The number of hydrogen-bond donors (Lipinski definition) is 0. The van der Waals surface area contributed by atoms with Crippen molar-refractivity contribution >= 4 is 5.91 Å². The fourth-order valence-electron chi connectivity index (χ4n) is 5.43. The number of piperidine rings is 1. The van der Waals surface area contributed by atoms with E-state index in [0.29, 0.717) is 17.7 Å². The van der Waals surface area contributed by atoms with Gasteiger partial charge in [-0.2, -0.15) is 0 Å². The third kappa shape index (κ3) is 5.59. The van der Waals surface area contributed by atoms with Crippen LogP contribution in [0, 0.1) is 12.3 Å². The van der Waals surface area contributed by atoms with Gasteiger partial charge in [0.05, 0.1) is 13.2 Å². The Bertz CT molecular complexity index is 688. The molecule has 3 fully saturated rings. The molecule has 0 saturated carbocycles. The van der Waals surface area contributed by atoms with E-state index in [2.05, 4.69) is 45.9 Å². The quantitative estimate of drug-likeness (QED) is 0.737. The maximum absolute atomic E-state index is 12.8. The Balaban J connectivity index is 1.24. The first-order valence-corrected chi connectivity index (χ1v) is 11.5. The highest BCUT2D eigenvalue weighted by molar-refractivity contribution is 5.76. The van der Waals surface area contributed by atoms with Crippen LogP contribution in [-0.4, -0.2) is 79.6 Å². The van der Waals surface area contributed by atoms with E-state index in [-0.39, 0.29) is 0 Å². The SMILES string of the molecule is Cc1cccc(CN2CCCC3(CCN(C(=O)CCCN4CCOCC4)C3)C2)c1. The summed E-state index contributed by atoms with van der Waals surface area (Å²) >= 11 is 0. The van der Waals surface area contributed by atoms with E-state index in [1.807, 2.05) is 0 Å². The average Bonchev–Trinajstić information content (AvgIpc) is 3.12. The largest absolute Gasteiger partial charge is 0.379 e. The van der Waals surface area contributed by atoms with Crippen LogP contribution in [0.1, 0.15) is 43.2 Å². The third-order valence-corrected chi connectivity index (χ3v) is 6.99. The van der Waals surface area contributed by atoms with Gasteiger partial charge in [0.2, 0.25) is 5.91 Å². The van der Waals surface area contributed by atoms with Crippen LogP contribution < -0.4 is 0 Å². The van der Waals surface area contributed by atoms with Gasteiger partial charge in [0.15, 0.2) is 0 Å². The summed E-state index contributed by atoms with van der Waals surface area (Å²) in [5.74, 6) is 0.367. The van der Waals surface area contributed by atoms with Gasteiger partial charge in [-0.25, -0.2) is 0 Å². The number of aryl methyl sites for hydroxylation is 1. The molecule has 0 radical (unpaired) electrons. The van der Waals surface area contributed by atoms with E-state index in [1.54, 1.807) is 0 Å². The summed E-state index contributed by atoms with van der Waals surface area (Å²) in [6, 6.07) is 8.88. The van der Waals surface area contributed by atoms with Crippen LogP contribution in [0.2, 0.25) is 0 Å². The first-order valence-electron chi connectivity index (χ1n) is 11.5. The van der Waals surface area contributed by atoms with E-state index < -0.39 is 0 Å². The van der Waals surface area contributed by atoms with Gasteiger partial charge in [0.25, 0.3) is 0 Å². The Kier molecular flexibility index (Phi) is 6.88. The summed E-state index contributed by atoms with van der Waals surface area (Å²) in [6.07, 6.45) is 5.37. The van der Waals surface area contributed by atoms with Crippen LogP contribution in [0.5, 0.6) is 0 Å². The van der Waals surface area contributed by atoms with Crippen molar-refractivity contribution in [3.05, 3.63) is 35.4 Å². The van der Waals surface area contributed by atoms with Gasteiger partial charge in [0, 0.05) is 51.1 Å². The topological polar surface area (TPSA) is 36.0 Å². The summed E-state index contributed by atoms with van der Waals surface area (Å²) in [5, 5.41) is 0. The van der Waals surface area contributed by atoms with Gasteiger partial charge in [-0.05, 0) is 51.3 Å². The number of carbonyl (C=O) groups excluding carboxylic acids is 1. The van der Waals surface area contributed by atoms with Crippen molar-refractivity contribution in [3.8, 4) is 0 Å². The number of rotatable bonds is 6. The maximum Gasteiger partial charge on any atom is 0.222 e. The molecule has 1 atom stereocenters. The highest BCUT2D eigenvalue weighted by Gasteiger charge is 2.42. The molecule has 160 valence electrons. The molecule has 3 aliphatic rings. The first-order chi connectivity index (χ1) is 14.1. The highest BCUT2D eigenvalue weighted by atomic mass is 16.5. The fraction of sp³-hybridized carbons (Fsp3) is 0.708. The molecule has 1 aromatic carbocycles. The smallest absolute Gasteiger partial charge is 0.222 e. The first kappa shape index (κ1) is 20.8. The molecule has 5 heteroatoms. The summed E-state index contributed by atoms with van der Waals surface area (Å²) < 4.78 is 5.40. The Morgan fingerprint density at radius 3 is 2.76 bits per heavy atom. The normalized spacial score (nSPS) is 26.3. The number of hydrogen-bond acceptors (Lipinski definition) is 4. The molecule has 0 N–H and O–H groups in total. The van der Waals surface area contributed by atoms with Crippen LogP contribution in [0.3, 0.4) is 0 Å². The summed E-state index contributed by atoms with van der Waals surface area (Å²) in [6.45, 7) is 12.2. The van der Waals surface area contributed by atoms with Crippen molar-refractivity contribution in [2.24, 2.45) is 5.41 Å². The van der Waals surface area contributed by atoms with E-state index in [0.717, 1.165) is 65.4 Å². The number of ether oxygens (including phenoxy) is 1. The van der Waals surface area contributed by atoms with E-state index >= 15 is 0 Å². The lowest BCUT2D eigenvalue weighted by atomic mass is 9.79. The highest BCUT2D eigenvalue weighted by Crippen LogP contribution is 2.39. The molecular weight excluding hydrogens is 362 g/mol. The molecule has 29 heavy (non-hydrogen) atoms. The number of carbonyl (C=O) groups is 1. The number of benzene rings is 1. The van der Waals surface area contributed by atoms with Crippen LogP contribution in [-0.2, 0) is 16.1 Å². The Morgan fingerprint density at radius 2 is 1.93 bits per heavy atom. The van der Waals surface area contributed by atoms with Crippen LogP contribution in [0.15, 0.2) is 24.3 Å². The number of likely N-dealkylation sites (tertiary alicyclic amines) is 2. The molecule has 0 bridgehead atoms. The number of nitrogens with zero attached hydrogens (tertiary/aromatic N) is 3. The van der Waals surface area contributed by atoms with Gasteiger partial charge in [-0.3, -0.25) is 14.6 Å². The zero-order valence-electron chi connectivity index (χ0n) is 18.1. The zero-order chi connectivity index (χ0) is 20.1. The molecule has 0 aliphatic carbocycles. The minimum Gasteiger partial charge on any atom is -0.379 e. The minimum atomic E-state index is 0.321. The lowest BCUT2D eigenvalue weighted by Crippen LogP contribution is -2.45. The number of morpholine rings is 1. The van der Waals surface area contributed by atoms with E-state index in [9.17, 15) is 4.79 Å². The van der Waals surface area contributed by atoms with Crippen molar-refractivity contribution in [1.82, 2.24) is 14.7 Å². The summed E-state index contributed by atoms with van der Waals surface area (Å²) in [7, 11) is 0. The van der Waals surface area contributed by atoms with E-state index in [4.69, 9.17) is 4.74 Å². The van der Waals surface area contributed by atoms with Gasteiger partial charge in [-0.15, -0.1) is 0 Å². The van der Waals surface area contributed by atoms with Gasteiger partial charge in [0.1, 0.15) is 0 Å². The molecule has 1 unspecified atom stereocenters. The molecule has 1 aromatic rings. The Hall–Kier alpha value is -1.43. The molecule has 3 saturated heterocycles. The molecule has 4 rings (SSSR count). The minimum absolute atomic E-state index is 0.321. The van der Waals surface area contributed by atoms with E-state index in [1.165, 1.54) is 36.9 Å². The second-order valence-electron chi connectivity index (χ2n) is 9.43. The Morgan fingerprint density at radius 1 is 1.07 bits per heavy atom. The maximum atomic E-state index is 12.8. The van der Waals surface area contributed by atoms with Gasteiger partial charge >= 0.3 is 0 Å². The molecular formula is C24H37N3O2.